The van der Waals surface area contributed by atoms with Crippen LogP contribution in [0.3, 0.4) is 0 Å². The average molecular weight is 351 g/mol. The number of fused-ring (bicyclic) bond motifs is 3. The minimum atomic E-state index is 0.481. The highest BCUT2D eigenvalue weighted by Crippen LogP contribution is 2.32. The van der Waals surface area contributed by atoms with Gasteiger partial charge in [-0.05, 0) is 38.0 Å². The second kappa shape index (κ2) is 6.12. The highest BCUT2D eigenvalue weighted by Gasteiger charge is 2.14. The molecule has 126 valence electrons. The zero-order valence-electron chi connectivity index (χ0n) is 14.5. The van der Waals surface area contributed by atoms with Gasteiger partial charge in [0.2, 0.25) is 0 Å². The molecule has 0 bridgehead atoms. The van der Waals surface area contributed by atoms with E-state index in [2.05, 4.69) is 40.3 Å². The summed E-state index contributed by atoms with van der Waals surface area (Å²) in [6.45, 7) is 6.30. The molecule has 0 atom stereocenters. The Balaban J connectivity index is 2.02. The van der Waals surface area contributed by atoms with Crippen LogP contribution in [-0.2, 0) is 6.42 Å². The summed E-state index contributed by atoms with van der Waals surface area (Å²) in [5.74, 6) is 0. The Morgan fingerprint density at radius 1 is 1.04 bits per heavy atom. The van der Waals surface area contributed by atoms with Crippen LogP contribution in [0.4, 0.5) is 0 Å². The largest absolute Gasteiger partial charge is 0.299 e. The first kappa shape index (κ1) is 16.0. The van der Waals surface area contributed by atoms with Crippen molar-refractivity contribution in [3.63, 3.8) is 0 Å². The maximum atomic E-state index is 6.10. The Morgan fingerprint density at radius 2 is 1.88 bits per heavy atom. The fraction of sp³-hybridized carbons (Fsp3) is 0.250. The Morgan fingerprint density at radius 3 is 2.64 bits per heavy atom. The van der Waals surface area contributed by atoms with E-state index in [1.807, 2.05) is 31.6 Å². The van der Waals surface area contributed by atoms with E-state index in [4.69, 9.17) is 16.6 Å². The maximum absolute atomic E-state index is 6.10. The van der Waals surface area contributed by atoms with E-state index in [9.17, 15) is 0 Å². The summed E-state index contributed by atoms with van der Waals surface area (Å²) in [6, 6.07) is 6.18. The summed E-state index contributed by atoms with van der Waals surface area (Å²) in [6.07, 6.45) is 7.90. The van der Waals surface area contributed by atoms with E-state index in [0.717, 1.165) is 51.9 Å². The van der Waals surface area contributed by atoms with Gasteiger partial charge < -0.3 is 0 Å². The van der Waals surface area contributed by atoms with Crippen LogP contribution in [0.5, 0.6) is 0 Å². The third-order valence-corrected chi connectivity index (χ3v) is 4.68. The van der Waals surface area contributed by atoms with Crippen LogP contribution in [0.15, 0.2) is 36.8 Å². The van der Waals surface area contributed by atoms with Gasteiger partial charge in [-0.1, -0.05) is 24.9 Å². The maximum Gasteiger partial charge on any atom is 0.145 e. The lowest BCUT2D eigenvalue weighted by Gasteiger charge is -2.11. The summed E-state index contributed by atoms with van der Waals surface area (Å²) in [7, 11) is 0. The zero-order chi connectivity index (χ0) is 17.6. The van der Waals surface area contributed by atoms with Gasteiger partial charge in [0.25, 0.3) is 0 Å². The summed E-state index contributed by atoms with van der Waals surface area (Å²) in [5.41, 5.74) is 7.41. The van der Waals surface area contributed by atoms with Crippen molar-refractivity contribution in [2.75, 3.05) is 0 Å². The number of rotatable bonds is 3. The molecule has 0 aliphatic carbocycles. The SMILES string of the molecule is CCCc1cc(C)c(-c2cc3cnc(Cl)cc3n3cc(C)nc23)cn1. The Bertz CT molecular complexity index is 1100. The highest BCUT2D eigenvalue weighted by atomic mass is 35.5. The topological polar surface area (TPSA) is 43.1 Å². The van der Waals surface area contributed by atoms with E-state index in [0.29, 0.717) is 5.15 Å². The van der Waals surface area contributed by atoms with Crippen molar-refractivity contribution in [2.45, 2.75) is 33.6 Å². The van der Waals surface area contributed by atoms with Gasteiger partial charge in [0, 0.05) is 46.9 Å². The van der Waals surface area contributed by atoms with E-state index < -0.39 is 0 Å². The molecule has 0 saturated carbocycles. The monoisotopic (exact) mass is 350 g/mol. The summed E-state index contributed by atoms with van der Waals surface area (Å²) in [4.78, 5) is 13.6. The van der Waals surface area contributed by atoms with E-state index in [1.165, 1.54) is 5.56 Å². The second-order valence-electron chi connectivity index (χ2n) is 6.44. The molecule has 4 rings (SSSR count). The van der Waals surface area contributed by atoms with Crippen LogP contribution in [0, 0.1) is 13.8 Å². The number of aromatic nitrogens is 4. The number of pyridine rings is 3. The second-order valence-corrected chi connectivity index (χ2v) is 6.83. The lowest BCUT2D eigenvalue weighted by Crippen LogP contribution is -1.96. The van der Waals surface area contributed by atoms with Gasteiger partial charge in [-0.2, -0.15) is 0 Å². The summed E-state index contributed by atoms with van der Waals surface area (Å²) in [5, 5.41) is 1.51. The first-order valence-corrected chi connectivity index (χ1v) is 8.84. The lowest BCUT2D eigenvalue weighted by molar-refractivity contribution is 0.881. The van der Waals surface area contributed by atoms with Gasteiger partial charge in [-0.25, -0.2) is 9.97 Å². The van der Waals surface area contributed by atoms with Gasteiger partial charge in [0.1, 0.15) is 10.8 Å². The minimum Gasteiger partial charge on any atom is -0.299 e. The number of aryl methyl sites for hydroxylation is 3. The Kier molecular flexibility index (Phi) is 3.92. The average Bonchev–Trinajstić information content (AvgIpc) is 2.97. The fourth-order valence-electron chi connectivity index (χ4n) is 3.33. The van der Waals surface area contributed by atoms with E-state index in [1.54, 1.807) is 0 Å². The van der Waals surface area contributed by atoms with Crippen molar-refractivity contribution in [1.82, 2.24) is 19.4 Å². The Hall–Kier alpha value is -2.46. The number of hydrogen-bond acceptors (Lipinski definition) is 3. The van der Waals surface area contributed by atoms with Crippen LogP contribution < -0.4 is 0 Å². The Labute approximate surface area is 151 Å². The quantitative estimate of drug-likeness (QED) is 0.479. The molecule has 0 fully saturated rings. The molecule has 4 aromatic heterocycles. The molecule has 0 unspecified atom stereocenters. The first-order chi connectivity index (χ1) is 12.1. The predicted octanol–water partition coefficient (Wildman–Crippen LogP) is 5.17. The van der Waals surface area contributed by atoms with Crippen LogP contribution >= 0.6 is 11.6 Å². The number of halogens is 1. The summed E-state index contributed by atoms with van der Waals surface area (Å²) < 4.78 is 2.09. The molecular weight excluding hydrogens is 332 g/mol. The van der Waals surface area contributed by atoms with Crippen molar-refractivity contribution in [1.29, 1.82) is 0 Å². The molecule has 0 aliphatic rings. The van der Waals surface area contributed by atoms with Gasteiger partial charge in [0.15, 0.2) is 0 Å². The van der Waals surface area contributed by atoms with Gasteiger partial charge >= 0.3 is 0 Å². The molecular formula is C20H19ClN4. The van der Waals surface area contributed by atoms with Gasteiger partial charge in [0.05, 0.1) is 11.2 Å². The molecule has 0 amide bonds. The molecule has 0 spiro atoms. The standard InChI is InChI=1S/C20H19ClN4/c1-4-5-15-6-12(2)17(10-22-15)16-7-14-9-23-19(21)8-18(14)25-11-13(3)24-20(16)25/h6-11H,4-5H2,1-3H3. The number of imidazole rings is 1. The fourth-order valence-corrected chi connectivity index (χ4v) is 3.48. The molecule has 5 heteroatoms. The smallest absolute Gasteiger partial charge is 0.145 e. The number of hydrogen-bond donors (Lipinski definition) is 0. The lowest BCUT2D eigenvalue weighted by atomic mass is 10.0. The van der Waals surface area contributed by atoms with E-state index >= 15 is 0 Å². The molecule has 0 radical (unpaired) electrons. The third kappa shape index (κ3) is 2.76. The van der Waals surface area contributed by atoms with Crippen LogP contribution in [0.1, 0.15) is 30.3 Å². The first-order valence-electron chi connectivity index (χ1n) is 8.46. The predicted molar refractivity (Wildman–Crippen MR) is 102 cm³/mol. The van der Waals surface area contributed by atoms with Crippen molar-refractivity contribution in [3.8, 4) is 11.1 Å². The molecule has 0 aliphatic heterocycles. The molecule has 4 heterocycles. The zero-order valence-corrected chi connectivity index (χ0v) is 15.3. The molecule has 4 aromatic rings. The third-order valence-electron chi connectivity index (χ3n) is 4.47. The highest BCUT2D eigenvalue weighted by molar-refractivity contribution is 6.30. The normalized spacial score (nSPS) is 11.5. The molecule has 0 N–H and O–H groups in total. The number of nitrogens with zero attached hydrogens (tertiary/aromatic N) is 4. The van der Waals surface area contributed by atoms with E-state index in [-0.39, 0.29) is 0 Å². The molecule has 0 aromatic carbocycles. The van der Waals surface area contributed by atoms with Crippen LogP contribution in [-0.4, -0.2) is 19.4 Å². The van der Waals surface area contributed by atoms with Crippen molar-refractivity contribution >= 4 is 28.2 Å². The van der Waals surface area contributed by atoms with Crippen molar-refractivity contribution < 1.29 is 0 Å². The minimum absolute atomic E-state index is 0.481. The van der Waals surface area contributed by atoms with Crippen molar-refractivity contribution in [2.24, 2.45) is 0 Å². The van der Waals surface area contributed by atoms with Crippen LogP contribution in [0.2, 0.25) is 5.15 Å². The van der Waals surface area contributed by atoms with Crippen LogP contribution in [0.25, 0.3) is 27.7 Å². The van der Waals surface area contributed by atoms with Gasteiger partial charge in [-0.15, -0.1) is 0 Å². The van der Waals surface area contributed by atoms with Gasteiger partial charge in [-0.3, -0.25) is 9.38 Å². The molecule has 4 nitrogen and oxygen atoms in total. The van der Waals surface area contributed by atoms with Crippen molar-refractivity contribution in [3.05, 3.63) is 58.9 Å². The molecule has 0 saturated heterocycles. The molecule has 25 heavy (non-hydrogen) atoms. The summed E-state index contributed by atoms with van der Waals surface area (Å²) >= 11 is 6.10.